The van der Waals surface area contributed by atoms with Crippen molar-refractivity contribution in [1.82, 2.24) is 9.99 Å². The molecule has 202 valence electrons. The molecular weight excluding hydrogens is 555 g/mol. The molecule has 4 rings (SSSR count). The third kappa shape index (κ3) is 6.19. The van der Waals surface area contributed by atoms with Gasteiger partial charge in [-0.15, -0.1) is 0 Å². The molecule has 0 unspecified atom stereocenters. The molecule has 0 spiro atoms. The summed E-state index contributed by atoms with van der Waals surface area (Å²) in [6.07, 6.45) is 1.53. The summed E-state index contributed by atoms with van der Waals surface area (Å²) in [4.78, 5) is 13.0. The third-order valence-corrected chi connectivity index (χ3v) is 8.61. The van der Waals surface area contributed by atoms with E-state index in [4.69, 9.17) is 23.2 Å². The van der Waals surface area contributed by atoms with Gasteiger partial charge in [0.25, 0.3) is 15.9 Å². The predicted octanol–water partition coefficient (Wildman–Crippen LogP) is 6.36. The first kappa shape index (κ1) is 28.4. The van der Waals surface area contributed by atoms with Crippen LogP contribution in [-0.2, 0) is 14.8 Å². The first-order chi connectivity index (χ1) is 18.5. The first-order valence-electron chi connectivity index (χ1n) is 12.1. The Balaban J connectivity index is 1.59. The van der Waals surface area contributed by atoms with Gasteiger partial charge < -0.3 is 4.57 Å². The average molecular weight is 584 g/mol. The van der Waals surface area contributed by atoms with Gasteiger partial charge in [0.1, 0.15) is 6.54 Å². The molecule has 1 aromatic heterocycles. The Morgan fingerprint density at radius 2 is 1.67 bits per heavy atom. The third-order valence-electron chi connectivity index (χ3n) is 6.28. The zero-order chi connectivity index (χ0) is 28.3. The Kier molecular flexibility index (Phi) is 8.49. The van der Waals surface area contributed by atoms with E-state index >= 15 is 0 Å². The minimum absolute atomic E-state index is 0.0748. The summed E-state index contributed by atoms with van der Waals surface area (Å²) in [7, 11) is -4.06. The van der Waals surface area contributed by atoms with Crippen molar-refractivity contribution >= 4 is 51.0 Å². The van der Waals surface area contributed by atoms with Gasteiger partial charge >= 0.3 is 0 Å². The standard InChI is InChI=1S/C29H28Cl2N4O3S/c1-19-9-12-25(13-10-19)39(37,38)34(27-14-11-24(30)15-20(27)2)18-29(36)33-32-17-23-16-21(3)35(22(23)4)28-8-6-5-7-26(28)31/h5-17H,18H2,1-4H3,(H,33,36)/b32-17+. The lowest BCUT2D eigenvalue weighted by molar-refractivity contribution is -0.119. The smallest absolute Gasteiger partial charge is 0.264 e. The highest BCUT2D eigenvalue weighted by Gasteiger charge is 2.28. The highest BCUT2D eigenvalue weighted by molar-refractivity contribution is 7.92. The van der Waals surface area contributed by atoms with Crippen molar-refractivity contribution in [2.24, 2.45) is 5.10 Å². The predicted molar refractivity (Wildman–Crippen MR) is 158 cm³/mol. The molecule has 0 bridgehead atoms. The molecule has 39 heavy (non-hydrogen) atoms. The van der Waals surface area contributed by atoms with Gasteiger partial charge in [0.15, 0.2) is 0 Å². The Bertz CT molecular complexity index is 1660. The summed E-state index contributed by atoms with van der Waals surface area (Å²) in [5.41, 5.74) is 7.81. The molecule has 3 aromatic carbocycles. The van der Waals surface area contributed by atoms with Crippen LogP contribution in [0.25, 0.3) is 5.69 Å². The van der Waals surface area contributed by atoms with Gasteiger partial charge in [-0.25, -0.2) is 13.8 Å². The van der Waals surface area contributed by atoms with E-state index in [1.165, 1.54) is 18.3 Å². The van der Waals surface area contributed by atoms with E-state index in [1.54, 1.807) is 37.3 Å². The molecule has 4 aromatic rings. The number of aryl methyl sites for hydroxylation is 3. The quantitative estimate of drug-likeness (QED) is 0.194. The number of aromatic nitrogens is 1. The van der Waals surface area contributed by atoms with Gasteiger partial charge in [-0.05, 0) is 81.8 Å². The molecule has 0 aliphatic carbocycles. The first-order valence-corrected chi connectivity index (χ1v) is 14.3. The second-order valence-electron chi connectivity index (χ2n) is 9.16. The number of carbonyl (C=O) groups is 1. The maximum absolute atomic E-state index is 13.6. The molecule has 7 nitrogen and oxygen atoms in total. The Labute approximate surface area is 238 Å². The fourth-order valence-electron chi connectivity index (χ4n) is 4.30. The topological polar surface area (TPSA) is 83.8 Å². The number of hydrogen-bond acceptors (Lipinski definition) is 4. The fourth-order valence-corrected chi connectivity index (χ4v) is 6.23. The lowest BCUT2D eigenvalue weighted by Crippen LogP contribution is -2.40. The highest BCUT2D eigenvalue weighted by atomic mass is 35.5. The van der Waals surface area contributed by atoms with Crippen molar-refractivity contribution < 1.29 is 13.2 Å². The van der Waals surface area contributed by atoms with Crippen LogP contribution in [-0.4, -0.2) is 31.7 Å². The van der Waals surface area contributed by atoms with E-state index in [9.17, 15) is 13.2 Å². The zero-order valence-electron chi connectivity index (χ0n) is 21.9. The van der Waals surface area contributed by atoms with Crippen LogP contribution in [0.3, 0.4) is 0 Å². The summed E-state index contributed by atoms with van der Waals surface area (Å²) in [6, 6.07) is 20.7. The van der Waals surface area contributed by atoms with Gasteiger partial charge in [-0.1, -0.05) is 53.0 Å². The van der Waals surface area contributed by atoms with Crippen LogP contribution in [0.15, 0.2) is 82.8 Å². The van der Waals surface area contributed by atoms with Crippen LogP contribution >= 0.6 is 23.2 Å². The van der Waals surface area contributed by atoms with Crippen LogP contribution < -0.4 is 9.73 Å². The maximum Gasteiger partial charge on any atom is 0.264 e. The monoisotopic (exact) mass is 582 g/mol. The lowest BCUT2D eigenvalue weighted by Gasteiger charge is -2.25. The van der Waals surface area contributed by atoms with Gasteiger partial charge in [0, 0.05) is 22.0 Å². The summed E-state index contributed by atoms with van der Waals surface area (Å²) in [5.74, 6) is -0.601. The second kappa shape index (κ2) is 11.7. The average Bonchev–Trinajstić information content (AvgIpc) is 3.16. The SMILES string of the molecule is Cc1ccc(S(=O)(=O)N(CC(=O)N/N=C/c2cc(C)n(-c3ccccc3Cl)c2C)c2ccc(Cl)cc2C)cc1. The van der Waals surface area contributed by atoms with Gasteiger partial charge in [-0.3, -0.25) is 9.10 Å². The number of hydrogen-bond donors (Lipinski definition) is 1. The molecule has 0 saturated carbocycles. The van der Waals surface area contributed by atoms with E-state index in [1.807, 2.05) is 55.7 Å². The summed E-state index contributed by atoms with van der Waals surface area (Å²) in [6.45, 7) is 7.01. The molecule has 0 aliphatic rings. The minimum atomic E-state index is -4.06. The molecular formula is C29H28Cl2N4O3S. The molecule has 0 fully saturated rings. The number of benzene rings is 3. The summed E-state index contributed by atoms with van der Waals surface area (Å²) < 4.78 is 30.3. The number of para-hydroxylation sites is 1. The number of halogens is 2. The molecule has 0 atom stereocenters. The van der Waals surface area contributed by atoms with E-state index in [0.717, 1.165) is 32.5 Å². The Morgan fingerprint density at radius 3 is 2.33 bits per heavy atom. The van der Waals surface area contributed by atoms with Crippen molar-refractivity contribution in [3.8, 4) is 5.69 Å². The number of amides is 1. The van der Waals surface area contributed by atoms with Crippen LogP contribution in [0, 0.1) is 27.7 Å². The van der Waals surface area contributed by atoms with Crippen LogP contribution in [0.5, 0.6) is 0 Å². The number of rotatable bonds is 8. The minimum Gasteiger partial charge on any atom is -0.316 e. The zero-order valence-corrected chi connectivity index (χ0v) is 24.3. The number of hydrazone groups is 1. The summed E-state index contributed by atoms with van der Waals surface area (Å²) in [5, 5.41) is 5.19. The van der Waals surface area contributed by atoms with E-state index in [0.29, 0.717) is 21.3 Å². The van der Waals surface area contributed by atoms with E-state index in [2.05, 4.69) is 10.5 Å². The van der Waals surface area contributed by atoms with Crippen molar-refractivity contribution in [2.45, 2.75) is 32.6 Å². The van der Waals surface area contributed by atoms with Crippen molar-refractivity contribution in [2.75, 3.05) is 10.8 Å². The van der Waals surface area contributed by atoms with Gasteiger partial charge in [0.05, 0.1) is 27.5 Å². The largest absolute Gasteiger partial charge is 0.316 e. The number of nitrogens with zero attached hydrogens (tertiary/aromatic N) is 3. The van der Waals surface area contributed by atoms with Crippen LogP contribution in [0.1, 0.15) is 28.1 Å². The van der Waals surface area contributed by atoms with Crippen LogP contribution in [0.4, 0.5) is 5.69 Å². The fraction of sp³-hybridized carbons (Fsp3) is 0.172. The van der Waals surface area contributed by atoms with E-state index < -0.39 is 22.5 Å². The molecule has 1 amide bonds. The second-order valence-corrected chi connectivity index (χ2v) is 11.9. The molecule has 1 N–H and O–H groups in total. The van der Waals surface area contributed by atoms with E-state index in [-0.39, 0.29) is 4.90 Å². The van der Waals surface area contributed by atoms with Crippen LogP contribution in [0.2, 0.25) is 10.0 Å². The van der Waals surface area contributed by atoms with Crippen molar-refractivity contribution in [3.63, 3.8) is 0 Å². The molecule has 10 heteroatoms. The lowest BCUT2D eigenvalue weighted by atomic mass is 10.2. The van der Waals surface area contributed by atoms with Gasteiger partial charge in [-0.2, -0.15) is 5.10 Å². The molecule has 0 radical (unpaired) electrons. The number of anilines is 1. The maximum atomic E-state index is 13.6. The normalized spacial score (nSPS) is 11.6. The van der Waals surface area contributed by atoms with Gasteiger partial charge in [0.2, 0.25) is 0 Å². The van der Waals surface area contributed by atoms with Crippen molar-refractivity contribution in [3.05, 3.63) is 111 Å². The Morgan fingerprint density at radius 1 is 0.974 bits per heavy atom. The molecule has 1 heterocycles. The highest BCUT2D eigenvalue weighted by Crippen LogP contribution is 2.29. The molecule has 0 saturated heterocycles. The number of carbonyl (C=O) groups excluding carboxylic acids is 1. The Hall–Kier alpha value is -3.59. The van der Waals surface area contributed by atoms with Crippen molar-refractivity contribution in [1.29, 1.82) is 0 Å². The summed E-state index contributed by atoms with van der Waals surface area (Å²) >= 11 is 12.5. The number of nitrogens with one attached hydrogen (secondary N) is 1. The number of sulfonamides is 1. The molecule has 0 aliphatic heterocycles.